The molecule has 0 saturated carbocycles. The summed E-state index contributed by atoms with van der Waals surface area (Å²) in [4.78, 5) is 2.54. The van der Waals surface area contributed by atoms with Crippen molar-refractivity contribution in [2.24, 2.45) is 0 Å². The molecule has 2 aromatic carbocycles. The lowest BCUT2D eigenvalue weighted by molar-refractivity contribution is 0.101. The number of ether oxygens (including phenoxy) is 1. The third kappa shape index (κ3) is 4.73. The molecule has 1 aliphatic heterocycles. The van der Waals surface area contributed by atoms with Gasteiger partial charge in [-0.3, -0.25) is 0 Å². The number of hydrogen-bond donors (Lipinski definition) is 0. The van der Waals surface area contributed by atoms with E-state index >= 15 is 0 Å². The largest absolute Gasteiger partial charge is 0.490 e. The minimum Gasteiger partial charge on any atom is -0.490 e. The van der Waals surface area contributed by atoms with Crippen molar-refractivity contribution in [2.75, 3.05) is 19.6 Å². The monoisotopic (exact) mass is 335 g/mol. The van der Waals surface area contributed by atoms with Crippen molar-refractivity contribution < 1.29 is 4.74 Å². The first-order valence-electron chi connectivity index (χ1n) is 9.41. The van der Waals surface area contributed by atoms with Crippen LogP contribution in [-0.2, 0) is 0 Å². The fourth-order valence-corrected chi connectivity index (χ4v) is 3.43. The molecular formula is C23H29NO. The second kappa shape index (κ2) is 8.35. The van der Waals surface area contributed by atoms with E-state index in [1.807, 2.05) is 6.92 Å². The number of nitrogens with zero attached hydrogens (tertiary/aromatic N) is 1. The van der Waals surface area contributed by atoms with Gasteiger partial charge in [-0.05, 0) is 61.6 Å². The summed E-state index contributed by atoms with van der Waals surface area (Å²) in [6.45, 7) is 11.8. The molecule has 1 saturated heterocycles. The molecule has 0 radical (unpaired) electrons. The molecule has 1 fully saturated rings. The fraction of sp³-hybridized carbons (Fsp3) is 0.391. The van der Waals surface area contributed by atoms with E-state index in [-0.39, 0.29) is 0 Å². The topological polar surface area (TPSA) is 12.5 Å². The molecule has 3 rings (SSSR count). The SMILES string of the molecule is C=C(C)c1ccc(-c2ccc(OC3CCN(CCC)CC3)cc2)cc1. The van der Waals surface area contributed by atoms with Crippen molar-refractivity contribution in [3.8, 4) is 16.9 Å². The minimum absolute atomic E-state index is 0.355. The van der Waals surface area contributed by atoms with E-state index in [0.29, 0.717) is 6.10 Å². The molecule has 0 unspecified atom stereocenters. The van der Waals surface area contributed by atoms with E-state index in [9.17, 15) is 0 Å². The lowest BCUT2D eigenvalue weighted by atomic mass is 10.0. The molecule has 1 heterocycles. The third-order valence-electron chi connectivity index (χ3n) is 4.94. The Morgan fingerprint density at radius 2 is 1.56 bits per heavy atom. The van der Waals surface area contributed by atoms with Crippen LogP contribution in [-0.4, -0.2) is 30.6 Å². The average molecular weight is 335 g/mol. The van der Waals surface area contributed by atoms with E-state index in [0.717, 1.165) is 37.3 Å². The van der Waals surface area contributed by atoms with Crippen molar-refractivity contribution in [3.63, 3.8) is 0 Å². The quantitative estimate of drug-likeness (QED) is 0.677. The highest BCUT2D eigenvalue weighted by molar-refractivity contribution is 5.69. The molecule has 0 N–H and O–H groups in total. The van der Waals surface area contributed by atoms with Gasteiger partial charge in [0.05, 0.1) is 0 Å². The predicted octanol–water partition coefficient (Wildman–Crippen LogP) is 5.64. The highest BCUT2D eigenvalue weighted by atomic mass is 16.5. The van der Waals surface area contributed by atoms with Crippen LogP contribution in [0.25, 0.3) is 16.7 Å². The number of allylic oxidation sites excluding steroid dienone is 1. The summed E-state index contributed by atoms with van der Waals surface area (Å²) < 4.78 is 6.18. The van der Waals surface area contributed by atoms with Crippen LogP contribution in [0.2, 0.25) is 0 Å². The third-order valence-corrected chi connectivity index (χ3v) is 4.94. The van der Waals surface area contributed by atoms with Gasteiger partial charge >= 0.3 is 0 Å². The predicted molar refractivity (Wildman–Crippen MR) is 107 cm³/mol. The molecule has 0 aromatic heterocycles. The first kappa shape index (κ1) is 17.8. The van der Waals surface area contributed by atoms with Crippen molar-refractivity contribution in [3.05, 3.63) is 60.7 Å². The number of likely N-dealkylation sites (tertiary alicyclic amines) is 1. The minimum atomic E-state index is 0.355. The van der Waals surface area contributed by atoms with Gasteiger partial charge in [0.2, 0.25) is 0 Å². The maximum atomic E-state index is 6.18. The Hall–Kier alpha value is -2.06. The number of hydrogen-bond acceptors (Lipinski definition) is 2. The van der Waals surface area contributed by atoms with Gasteiger partial charge < -0.3 is 9.64 Å². The van der Waals surface area contributed by atoms with Crippen molar-refractivity contribution in [1.29, 1.82) is 0 Å². The van der Waals surface area contributed by atoms with Gasteiger partial charge in [0.1, 0.15) is 11.9 Å². The Kier molecular flexibility index (Phi) is 5.93. The molecule has 0 aliphatic carbocycles. The first-order chi connectivity index (χ1) is 12.2. The van der Waals surface area contributed by atoms with E-state index in [1.165, 1.54) is 29.7 Å². The second-order valence-electron chi connectivity index (χ2n) is 7.04. The summed E-state index contributed by atoms with van der Waals surface area (Å²) in [6, 6.07) is 17.1. The lowest BCUT2D eigenvalue weighted by Crippen LogP contribution is -2.38. The van der Waals surface area contributed by atoms with Gasteiger partial charge in [0.25, 0.3) is 0 Å². The molecular weight excluding hydrogens is 306 g/mol. The normalized spacial score (nSPS) is 15.9. The van der Waals surface area contributed by atoms with Crippen molar-refractivity contribution in [1.82, 2.24) is 4.90 Å². The van der Waals surface area contributed by atoms with Crippen LogP contribution in [0.15, 0.2) is 55.1 Å². The van der Waals surface area contributed by atoms with Gasteiger partial charge in [0.15, 0.2) is 0 Å². The Morgan fingerprint density at radius 3 is 2.08 bits per heavy atom. The first-order valence-corrected chi connectivity index (χ1v) is 9.41. The summed E-state index contributed by atoms with van der Waals surface area (Å²) in [5.74, 6) is 0.983. The smallest absolute Gasteiger partial charge is 0.119 e. The van der Waals surface area contributed by atoms with Gasteiger partial charge in [-0.2, -0.15) is 0 Å². The van der Waals surface area contributed by atoms with Gasteiger partial charge in [-0.25, -0.2) is 0 Å². The highest BCUT2D eigenvalue weighted by Crippen LogP contribution is 2.26. The number of piperidine rings is 1. The molecule has 0 spiro atoms. The summed E-state index contributed by atoms with van der Waals surface area (Å²) in [6.07, 6.45) is 3.85. The van der Waals surface area contributed by atoms with Gasteiger partial charge in [-0.1, -0.05) is 55.5 Å². The Morgan fingerprint density at radius 1 is 1.00 bits per heavy atom. The second-order valence-corrected chi connectivity index (χ2v) is 7.04. The fourth-order valence-electron chi connectivity index (χ4n) is 3.43. The summed E-state index contributed by atoms with van der Waals surface area (Å²) >= 11 is 0. The van der Waals surface area contributed by atoms with Crippen LogP contribution in [0.3, 0.4) is 0 Å². The maximum absolute atomic E-state index is 6.18. The number of rotatable bonds is 6. The van der Waals surface area contributed by atoms with E-state index in [4.69, 9.17) is 4.74 Å². The Balaban J connectivity index is 1.58. The lowest BCUT2D eigenvalue weighted by Gasteiger charge is -2.31. The zero-order chi connectivity index (χ0) is 17.6. The molecule has 0 atom stereocenters. The molecule has 0 bridgehead atoms. The van der Waals surface area contributed by atoms with E-state index in [1.54, 1.807) is 0 Å². The van der Waals surface area contributed by atoms with Crippen LogP contribution in [0.1, 0.15) is 38.7 Å². The van der Waals surface area contributed by atoms with Crippen LogP contribution < -0.4 is 4.74 Å². The molecule has 25 heavy (non-hydrogen) atoms. The standard InChI is InChI=1S/C23H29NO/c1-4-15-24-16-13-23(14-17-24)25-22-11-9-21(10-12-22)20-7-5-19(6-8-20)18(2)3/h5-12,23H,2,4,13-17H2,1,3H3. The Labute approximate surface area is 152 Å². The van der Waals surface area contributed by atoms with Crippen LogP contribution in [0.5, 0.6) is 5.75 Å². The molecule has 132 valence electrons. The van der Waals surface area contributed by atoms with Gasteiger partial charge in [-0.15, -0.1) is 0 Å². The Bertz CT molecular complexity index is 679. The zero-order valence-corrected chi connectivity index (χ0v) is 15.5. The summed E-state index contributed by atoms with van der Waals surface area (Å²) in [7, 11) is 0. The maximum Gasteiger partial charge on any atom is 0.119 e. The zero-order valence-electron chi connectivity index (χ0n) is 15.5. The van der Waals surface area contributed by atoms with Crippen LogP contribution in [0, 0.1) is 0 Å². The molecule has 1 aliphatic rings. The highest BCUT2D eigenvalue weighted by Gasteiger charge is 2.19. The van der Waals surface area contributed by atoms with Crippen LogP contribution >= 0.6 is 0 Å². The average Bonchev–Trinajstić information content (AvgIpc) is 2.64. The molecule has 2 nitrogen and oxygen atoms in total. The van der Waals surface area contributed by atoms with Crippen LogP contribution in [0.4, 0.5) is 0 Å². The van der Waals surface area contributed by atoms with E-state index < -0.39 is 0 Å². The van der Waals surface area contributed by atoms with Gasteiger partial charge in [0, 0.05) is 13.1 Å². The molecule has 0 amide bonds. The molecule has 2 aromatic rings. The number of benzene rings is 2. The van der Waals surface area contributed by atoms with Crippen molar-refractivity contribution >= 4 is 5.57 Å². The van der Waals surface area contributed by atoms with Crippen molar-refractivity contribution in [2.45, 2.75) is 39.2 Å². The molecule has 2 heteroatoms. The van der Waals surface area contributed by atoms with E-state index in [2.05, 4.69) is 66.9 Å². The summed E-state index contributed by atoms with van der Waals surface area (Å²) in [5.41, 5.74) is 4.74. The summed E-state index contributed by atoms with van der Waals surface area (Å²) in [5, 5.41) is 0.